The lowest BCUT2D eigenvalue weighted by Crippen LogP contribution is -2.24. The molecule has 0 saturated carbocycles. The Balaban J connectivity index is 1.50. The van der Waals surface area contributed by atoms with Gasteiger partial charge in [0.25, 0.3) is 5.69 Å². The number of halogens is 3. The predicted molar refractivity (Wildman–Crippen MR) is 112 cm³/mol. The third-order valence-corrected chi connectivity index (χ3v) is 6.02. The number of hydrogen-bond acceptors (Lipinski definition) is 5. The summed E-state index contributed by atoms with van der Waals surface area (Å²) in [7, 11) is 0. The molecule has 1 N–H and O–H groups in total. The first-order valence-corrected chi connectivity index (χ1v) is 10.8. The van der Waals surface area contributed by atoms with Gasteiger partial charge in [-0.3, -0.25) is 19.8 Å². The van der Waals surface area contributed by atoms with Crippen LogP contribution in [0, 0.1) is 10.1 Å². The number of hydrogen-bond donors (Lipinski definition) is 1. The summed E-state index contributed by atoms with van der Waals surface area (Å²) in [4.78, 5) is 24.8. The molecular formula is C21H22F3N3O3S. The molecule has 0 aliphatic carbocycles. The monoisotopic (exact) mass is 453 g/mol. The van der Waals surface area contributed by atoms with E-state index in [1.807, 2.05) is 24.3 Å². The number of alkyl halides is 3. The zero-order valence-electron chi connectivity index (χ0n) is 16.7. The van der Waals surface area contributed by atoms with Crippen molar-refractivity contribution >= 4 is 23.4 Å². The summed E-state index contributed by atoms with van der Waals surface area (Å²) in [6, 6.07) is 10.2. The van der Waals surface area contributed by atoms with Crippen molar-refractivity contribution < 1.29 is 22.9 Å². The van der Waals surface area contributed by atoms with Crippen LogP contribution in [-0.2, 0) is 24.1 Å². The number of carbonyl (C=O) groups excluding carboxylic acids is 1. The maximum Gasteiger partial charge on any atom is 0.416 e. The van der Waals surface area contributed by atoms with Crippen LogP contribution >= 0.6 is 11.8 Å². The average Bonchev–Trinajstić information content (AvgIpc) is 3.24. The van der Waals surface area contributed by atoms with Crippen LogP contribution in [0.5, 0.6) is 0 Å². The van der Waals surface area contributed by atoms with Crippen molar-refractivity contribution in [2.24, 2.45) is 0 Å². The highest BCUT2D eigenvalue weighted by atomic mass is 32.2. The normalized spacial score (nSPS) is 14.5. The highest BCUT2D eigenvalue weighted by molar-refractivity contribution is 8.00. The molecule has 1 amide bonds. The molecule has 1 heterocycles. The number of nitrogens with zero attached hydrogens (tertiary/aromatic N) is 2. The van der Waals surface area contributed by atoms with Gasteiger partial charge in [0.15, 0.2) is 0 Å². The lowest BCUT2D eigenvalue weighted by molar-refractivity contribution is -0.388. The van der Waals surface area contributed by atoms with Gasteiger partial charge >= 0.3 is 6.18 Å². The predicted octanol–water partition coefficient (Wildman–Crippen LogP) is 4.62. The first-order chi connectivity index (χ1) is 14.7. The highest BCUT2D eigenvalue weighted by Gasteiger charge is 2.33. The molecule has 0 atom stereocenters. The maximum atomic E-state index is 12.8. The van der Waals surface area contributed by atoms with Crippen LogP contribution in [0.1, 0.15) is 29.5 Å². The number of nitro benzene ring substituents is 1. The highest BCUT2D eigenvalue weighted by Crippen LogP contribution is 2.36. The van der Waals surface area contributed by atoms with Crippen molar-refractivity contribution in [2.75, 3.05) is 18.8 Å². The van der Waals surface area contributed by atoms with Gasteiger partial charge in [-0.15, -0.1) is 11.8 Å². The molecule has 3 rings (SSSR count). The molecule has 166 valence electrons. The third-order valence-electron chi connectivity index (χ3n) is 4.96. The van der Waals surface area contributed by atoms with E-state index in [2.05, 4.69) is 10.2 Å². The largest absolute Gasteiger partial charge is 0.416 e. The Morgan fingerprint density at radius 2 is 1.74 bits per heavy atom. The zero-order chi connectivity index (χ0) is 22.4. The number of benzene rings is 2. The topological polar surface area (TPSA) is 75.5 Å². The van der Waals surface area contributed by atoms with Crippen molar-refractivity contribution in [2.45, 2.75) is 37.0 Å². The quantitative estimate of drug-likeness (QED) is 0.359. The van der Waals surface area contributed by atoms with Gasteiger partial charge in [0.05, 0.1) is 21.1 Å². The first kappa shape index (κ1) is 23.1. The summed E-state index contributed by atoms with van der Waals surface area (Å²) in [5.74, 6) is -0.500. The number of rotatable bonds is 8. The standard InChI is InChI=1S/C21H22F3N3O3S/c22-21(23,24)17-7-8-19(18(11-17)27(29)30)31-14-20(28)25-12-15-3-5-16(6-4-15)13-26-9-1-2-10-26/h3-8,11H,1-2,9-10,12-14H2,(H,25,28). The van der Waals surface area contributed by atoms with Gasteiger partial charge in [-0.05, 0) is 49.2 Å². The second-order valence-electron chi connectivity index (χ2n) is 7.30. The maximum absolute atomic E-state index is 12.8. The Bertz CT molecular complexity index is 930. The van der Waals surface area contributed by atoms with Gasteiger partial charge in [0.2, 0.25) is 5.91 Å². The van der Waals surface area contributed by atoms with Crippen LogP contribution in [0.4, 0.5) is 18.9 Å². The molecule has 0 aromatic heterocycles. The van der Waals surface area contributed by atoms with E-state index in [0.29, 0.717) is 12.6 Å². The molecule has 6 nitrogen and oxygen atoms in total. The van der Waals surface area contributed by atoms with Crippen LogP contribution in [0.25, 0.3) is 0 Å². The van der Waals surface area contributed by atoms with E-state index in [4.69, 9.17) is 0 Å². The molecule has 1 aliphatic rings. The Labute approximate surface area is 182 Å². The van der Waals surface area contributed by atoms with Gasteiger partial charge in [-0.25, -0.2) is 0 Å². The summed E-state index contributed by atoms with van der Waals surface area (Å²) >= 11 is 0.832. The summed E-state index contributed by atoms with van der Waals surface area (Å²) in [5.41, 5.74) is 0.369. The lowest BCUT2D eigenvalue weighted by Gasteiger charge is -2.14. The minimum Gasteiger partial charge on any atom is -0.351 e. The average molecular weight is 453 g/mol. The molecule has 31 heavy (non-hydrogen) atoms. The summed E-state index contributed by atoms with van der Waals surface area (Å²) in [5, 5.41) is 13.8. The van der Waals surface area contributed by atoms with Crippen molar-refractivity contribution in [1.82, 2.24) is 10.2 Å². The van der Waals surface area contributed by atoms with Gasteiger partial charge in [0, 0.05) is 19.2 Å². The van der Waals surface area contributed by atoms with Crippen LogP contribution in [-0.4, -0.2) is 34.6 Å². The van der Waals surface area contributed by atoms with Crippen molar-refractivity contribution in [1.29, 1.82) is 0 Å². The Morgan fingerprint density at radius 1 is 1.10 bits per heavy atom. The Hall–Kier alpha value is -2.59. The second kappa shape index (κ2) is 10.1. The minimum absolute atomic E-state index is 0.0133. The Kier molecular flexibility index (Phi) is 7.55. The van der Waals surface area contributed by atoms with E-state index in [-0.39, 0.29) is 16.6 Å². The van der Waals surface area contributed by atoms with Crippen molar-refractivity contribution in [3.8, 4) is 0 Å². The molecule has 1 fully saturated rings. The molecule has 0 bridgehead atoms. The number of likely N-dealkylation sites (tertiary alicyclic amines) is 1. The molecule has 10 heteroatoms. The van der Waals surface area contributed by atoms with Crippen LogP contribution in [0.2, 0.25) is 0 Å². The number of nitrogens with one attached hydrogen (secondary N) is 1. The summed E-state index contributed by atoms with van der Waals surface area (Å²) < 4.78 is 38.3. The molecule has 0 spiro atoms. The molecule has 1 aliphatic heterocycles. The van der Waals surface area contributed by atoms with Crippen LogP contribution < -0.4 is 5.32 Å². The van der Waals surface area contributed by atoms with Crippen LogP contribution in [0.3, 0.4) is 0 Å². The number of nitro groups is 1. The van der Waals surface area contributed by atoms with E-state index >= 15 is 0 Å². The first-order valence-electron chi connectivity index (χ1n) is 9.77. The van der Waals surface area contributed by atoms with Crippen molar-refractivity contribution in [3.63, 3.8) is 0 Å². The van der Waals surface area contributed by atoms with Crippen molar-refractivity contribution in [3.05, 3.63) is 69.3 Å². The molecule has 2 aromatic rings. The smallest absolute Gasteiger partial charge is 0.351 e. The Morgan fingerprint density at radius 3 is 2.35 bits per heavy atom. The fourth-order valence-electron chi connectivity index (χ4n) is 3.31. The molecular weight excluding hydrogens is 431 g/mol. The SMILES string of the molecule is O=C(CSc1ccc(C(F)(F)F)cc1[N+](=O)[O-])NCc1ccc(CN2CCCC2)cc1. The molecule has 0 unspecified atom stereocenters. The molecule has 2 aromatic carbocycles. The summed E-state index contributed by atoms with van der Waals surface area (Å²) in [6.07, 6.45) is -2.20. The molecule has 0 radical (unpaired) electrons. The fourth-order valence-corrected chi connectivity index (χ4v) is 4.15. The van der Waals surface area contributed by atoms with Gasteiger partial charge in [-0.1, -0.05) is 24.3 Å². The third kappa shape index (κ3) is 6.70. The fraction of sp³-hybridized carbons (Fsp3) is 0.381. The lowest BCUT2D eigenvalue weighted by atomic mass is 10.1. The second-order valence-corrected chi connectivity index (χ2v) is 8.32. The zero-order valence-corrected chi connectivity index (χ0v) is 17.5. The minimum atomic E-state index is -4.67. The van der Waals surface area contributed by atoms with E-state index in [1.165, 1.54) is 18.4 Å². The van der Waals surface area contributed by atoms with Gasteiger partial charge in [-0.2, -0.15) is 13.2 Å². The molecule has 1 saturated heterocycles. The van der Waals surface area contributed by atoms with E-state index in [1.54, 1.807) is 0 Å². The van der Waals surface area contributed by atoms with Crippen LogP contribution in [0.15, 0.2) is 47.4 Å². The van der Waals surface area contributed by atoms with E-state index in [9.17, 15) is 28.1 Å². The number of thioether (sulfide) groups is 1. The van der Waals surface area contributed by atoms with E-state index < -0.39 is 22.4 Å². The summed E-state index contributed by atoms with van der Waals surface area (Å²) in [6.45, 7) is 3.45. The number of carbonyl (C=O) groups is 1. The van der Waals surface area contributed by atoms with E-state index in [0.717, 1.165) is 49.1 Å². The van der Waals surface area contributed by atoms with Gasteiger partial charge < -0.3 is 5.32 Å². The van der Waals surface area contributed by atoms with Gasteiger partial charge in [0.1, 0.15) is 0 Å². The number of amides is 1.